The van der Waals surface area contributed by atoms with Gasteiger partial charge in [0, 0.05) is 12.2 Å². The summed E-state index contributed by atoms with van der Waals surface area (Å²) < 4.78 is 0. The van der Waals surface area contributed by atoms with Gasteiger partial charge in [-0.05, 0) is 31.5 Å². The number of carbonyl (C=O) groups excluding carboxylic acids is 1. The third-order valence-corrected chi connectivity index (χ3v) is 2.47. The van der Waals surface area contributed by atoms with Crippen molar-refractivity contribution in [2.45, 2.75) is 20.0 Å². The van der Waals surface area contributed by atoms with Crippen molar-refractivity contribution < 1.29 is 9.90 Å². The highest BCUT2D eigenvalue weighted by atomic mass is 16.3. The number of anilines is 1. The van der Waals surface area contributed by atoms with Crippen LogP contribution >= 0.6 is 0 Å². The van der Waals surface area contributed by atoms with Crippen LogP contribution in [0, 0.1) is 0 Å². The van der Waals surface area contributed by atoms with Crippen molar-refractivity contribution in [2.75, 3.05) is 18.0 Å². The minimum atomic E-state index is -0.472. The van der Waals surface area contributed by atoms with E-state index in [1.54, 1.807) is 6.92 Å². The fourth-order valence-corrected chi connectivity index (χ4v) is 1.54. The van der Waals surface area contributed by atoms with E-state index in [2.05, 4.69) is 0 Å². The Morgan fingerprint density at radius 1 is 1.44 bits per heavy atom. The van der Waals surface area contributed by atoms with Crippen LogP contribution in [-0.4, -0.2) is 24.1 Å². The number of amides is 1. The molecule has 1 amide bonds. The topological polar surface area (TPSA) is 66.6 Å². The van der Waals surface area contributed by atoms with E-state index in [-0.39, 0.29) is 12.5 Å². The second kappa shape index (κ2) is 5.51. The molecule has 4 nitrogen and oxygen atoms in total. The molecule has 1 aromatic carbocycles. The molecule has 1 rings (SSSR count). The summed E-state index contributed by atoms with van der Waals surface area (Å²) in [5, 5.41) is 9.37. The number of hydrogen-bond donors (Lipinski definition) is 2. The SMILES string of the molecule is CCN(CC(N)=O)c1ccc(C(C)O)cc1. The Labute approximate surface area is 95.7 Å². The van der Waals surface area contributed by atoms with Crippen molar-refractivity contribution in [3.8, 4) is 0 Å². The minimum absolute atomic E-state index is 0.213. The molecule has 0 aliphatic heterocycles. The predicted octanol–water partition coefficient (Wildman–Crippen LogP) is 1.05. The van der Waals surface area contributed by atoms with Gasteiger partial charge in [-0.1, -0.05) is 12.1 Å². The fraction of sp³-hybridized carbons (Fsp3) is 0.417. The van der Waals surface area contributed by atoms with Crippen LogP contribution in [0.1, 0.15) is 25.5 Å². The van der Waals surface area contributed by atoms with Crippen LogP contribution in [0.2, 0.25) is 0 Å². The lowest BCUT2D eigenvalue weighted by Gasteiger charge is -2.21. The molecule has 0 aromatic heterocycles. The van der Waals surface area contributed by atoms with Crippen molar-refractivity contribution in [3.05, 3.63) is 29.8 Å². The molecule has 3 N–H and O–H groups in total. The Morgan fingerprint density at radius 2 is 2.00 bits per heavy atom. The molecule has 0 spiro atoms. The van der Waals surface area contributed by atoms with Crippen molar-refractivity contribution >= 4 is 11.6 Å². The molecule has 0 heterocycles. The van der Waals surface area contributed by atoms with Crippen LogP contribution in [0.15, 0.2) is 24.3 Å². The zero-order chi connectivity index (χ0) is 12.1. The van der Waals surface area contributed by atoms with E-state index in [1.165, 1.54) is 0 Å². The first-order valence-electron chi connectivity index (χ1n) is 5.36. The number of likely N-dealkylation sites (N-methyl/N-ethyl adjacent to an activating group) is 1. The first-order valence-corrected chi connectivity index (χ1v) is 5.36. The summed E-state index contributed by atoms with van der Waals surface area (Å²) in [7, 11) is 0. The minimum Gasteiger partial charge on any atom is -0.389 e. The van der Waals surface area contributed by atoms with Crippen molar-refractivity contribution in [1.29, 1.82) is 0 Å². The van der Waals surface area contributed by atoms with Crippen molar-refractivity contribution in [3.63, 3.8) is 0 Å². The van der Waals surface area contributed by atoms with E-state index in [4.69, 9.17) is 5.73 Å². The highest BCUT2D eigenvalue weighted by molar-refractivity contribution is 5.79. The maximum Gasteiger partial charge on any atom is 0.236 e. The quantitative estimate of drug-likeness (QED) is 0.782. The molecular formula is C12H18N2O2. The van der Waals surface area contributed by atoms with Crippen LogP contribution in [0.4, 0.5) is 5.69 Å². The van der Waals surface area contributed by atoms with Gasteiger partial charge in [-0.15, -0.1) is 0 Å². The normalized spacial score (nSPS) is 12.2. The highest BCUT2D eigenvalue weighted by Crippen LogP contribution is 2.18. The molecule has 0 radical (unpaired) electrons. The van der Waals surface area contributed by atoms with E-state index >= 15 is 0 Å². The summed E-state index contributed by atoms with van der Waals surface area (Å²) in [6.07, 6.45) is -0.472. The molecule has 0 aliphatic rings. The molecule has 1 unspecified atom stereocenters. The number of hydrogen-bond acceptors (Lipinski definition) is 3. The van der Waals surface area contributed by atoms with Gasteiger partial charge in [0.2, 0.25) is 5.91 Å². The second-order valence-electron chi connectivity index (χ2n) is 3.75. The number of carbonyl (C=O) groups is 1. The van der Waals surface area contributed by atoms with Crippen LogP contribution in [-0.2, 0) is 4.79 Å². The van der Waals surface area contributed by atoms with Crippen molar-refractivity contribution in [2.24, 2.45) is 5.73 Å². The summed E-state index contributed by atoms with van der Waals surface area (Å²) in [5.41, 5.74) is 6.96. The molecule has 0 bridgehead atoms. The molecule has 0 saturated heterocycles. The van der Waals surface area contributed by atoms with Gasteiger partial charge >= 0.3 is 0 Å². The first kappa shape index (κ1) is 12.5. The smallest absolute Gasteiger partial charge is 0.236 e. The number of nitrogens with two attached hydrogens (primary N) is 1. The van der Waals surface area contributed by atoms with E-state index < -0.39 is 6.10 Å². The van der Waals surface area contributed by atoms with Crippen LogP contribution in [0.25, 0.3) is 0 Å². The third kappa shape index (κ3) is 3.24. The van der Waals surface area contributed by atoms with E-state index in [0.717, 1.165) is 17.8 Å². The first-order chi connectivity index (χ1) is 7.54. The zero-order valence-electron chi connectivity index (χ0n) is 9.68. The van der Waals surface area contributed by atoms with Gasteiger partial charge in [0.25, 0.3) is 0 Å². The van der Waals surface area contributed by atoms with E-state index in [1.807, 2.05) is 36.1 Å². The molecule has 1 atom stereocenters. The molecular weight excluding hydrogens is 204 g/mol. The van der Waals surface area contributed by atoms with Gasteiger partial charge in [-0.2, -0.15) is 0 Å². The monoisotopic (exact) mass is 222 g/mol. The Bertz CT molecular complexity index is 347. The Balaban J connectivity index is 2.82. The van der Waals surface area contributed by atoms with Crippen molar-refractivity contribution in [1.82, 2.24) is 0 Å². The summed E-state index contributed by atoms with van der Waals surface area (Å²) in [4.78, 5) is 12.7. The highest BCUT2D eigenvalue weighted by Gasteiger charge is 2.07. The number of rotatable bonds is 5. The number of primary amides is 1. The van der Waals surface area contributed by atoms with Gasteiger partial charge in [0.15, 0.2) is 0 Å². The molecule has 88 valence electrons. The molecule has 4 heteroatoms. The average Bonchev–Trinajstić information content (AvgIpc) is 2.25. The Morgan fingerprint density at radius 3 is 2.38 bits per heavy atom. The number of aliphatic hydroxyl groups excluding tert-OH is 1. The average molecular weight is 222 g/mol. The zero-order valence-corrected chi connectivity index (χ0v) is 9.68. The van der Waals surface area contributed by atoms with Crippen LogP contribution in [0.5, 0.6) is 0 Å². The molecule has 0 saturated carbocycles. The van der Waals surface area contributed by atoms with Crippen LogP contribution < -0.4 is 10.6 Å². The van der Waals surface area contributed by atoms with Gasteiger partial charge in [0.05, 0.1) is 12.6 Å². The van der Waals surface area contributed by atoms with Gasteiger partial charge in [0.1, 0.15) is 0 Å². The standard InChI is InChI=1S/C12H18N2O2/c1-3-14(8-12(13)16)11-6-4-10(5-7-11)9(2)15/h4-7,9,15H,3,8H2,1-2H3,(H2,13,16). The lowest BCUT2D eigenvalue weighted by molar-refractivity contribution is -0.116. The number of aliphatic hydroxyl groups is 1. The van der Waals surface area contributed by atoms with Gasteiger partial charge < -0.3 is 15.7 Å². The maximum absolute atomic E-state index is 10.9. The lowest BCUT2D eigenvalue weighted by Crippen LogP contribution is -2.33. The number of benzene rings is 1. The summed E-state index contributed by atoms with van der Waals surface area (Å²) in [5.74, 6) is -0.346. The fourth-order valence-electron chi connectivity index (χ4n) is 1.54. The molecule has 16 heavy (non-hydrogen) atoms. The lowest BCUT2D eigenvalue weighted by atomic mass is 10.1. The van der Waals surface area contributed by atoms with Crippen LogP contribution in [0.3, 0.4) is 0 Å². The summed E-state index contributed by atoms with van der Waals surface area (Å²) in [6.45, 7) is 4.61. The molecule has 0 fully saturated rings. The second-order valence-corrected chi connectivity index (χ2v) is 3.75. The maximum atomic E-state index is 10.9. The Kier molecular flexibility index (Phi) is 4.31. The predicted molar refractivity (Wildman–Crippen MR) is 64.2 cm³/mol. The summed E-state index contributed by atoms with van der Waals surface area (Å²) in [6, 6.07) is 7.47. The molecule has 0 aliphatic carbocycles. The largest absolute Gasteiger partial charge is 0.389 e. The van der Waals surface area contributed by atoms with Gasteiger partial charge in [-0.25, -0.2) is 0 Å². The van der Waals surface area contributed by atoms with E-state index in [0.29, 0.717) is 0 Å². The van der Waals surface area contributed by atoms with E-state index in [9.17, 15) is 9.90 Å². The molecule has 1 aromatic rings. The number of nitrogens with zero attached hydrogens (tertiary/aromatic N) is 1. The van der Waals surface area contributed by atoms with Gasteiger partial charge in [-0.3, -0.25) is 4.79 Å². The third-order valence-electron chi connectivity index (χ3n) is 2.47. The Hall–Kier alpha value is -1.55. The summed E-state index contributed by atoms with van der Waals surface area (Å²) >= 11 is 0.